The van der Waals surface area contributed by atoms with Gasteiger partial charge in [0.05, 0.1) is 18.6 Å². The van der Waals surface area contributed by atoms with E-state index in [4.69, 9.17) is 9.47 Å². The van der Waals surface area contributed by atoms with Crippen LogP contribution in [-0.2, 0) is 14.3 Å². The average Bonchev–Trinajstić information content (AvgIpc) is 2.60. The number of carbonyl (C=O) groups is 1. The molecule has 3 fully saturated rings. The number of rotatable bonds is 1. The molecule has 3 aliphatic heterocycles. The smallest absolute Gasteiger partial charge is 0.297 e. The van der Waals surface area contributed by atoms with Crippen LogP contribution in [0.3, 0.4) is 0 Å². The van der Waals surface area contributed by atoms with E-state index >= 15 is 0 Å². The van der Waals surface area contributed by atoms with Crippen LogP contribution in [-0.4, -0.2) is 46.7 Å². The molecule has 8 heteroatoms. The van der Waals surface area contributed by atoms with E-state index < -0.39 is 40.9 Å². The lowest BCUT2D eigenvalue weighted by molar-refractivity contribution is -0.526. The fraction of sp³-hybridized carbons (Fsp3) is 0.875. The molecule has 8 nitrogen and oxygen atoms in total. The monoisotopic (exact) mass is 230 g/mol. The van der Waals surface area contributed by atoms with E-state index in [1.54, 1.807) is 0 Å². The lowest BCUT2D eigenvalue weighted by atomic mass is 9.80. The highest BCUT2D eigenvalue weighted by Gasteiger charge is 2.63. The summed E-state index contributed by atoms with van der Waals surface area (Å²) in [5.41, 5.74) is -1.62. The standard InChI is InChI=1S/C8H10N2O6/c11-6-5(10(13)14)3-1-8(12,9-6)7-15-2-4(3)16-7/h3-5,7,12H,1-2H2,(H,9,11)/t3-,4+,5+,7-,8-/m1/s1. The van der Waals surface area contributed by atoms with Gasteiger partial charge in [0.2, 0.25) is 6.29 Å². The summed E-state index contributed by atoms with van der Waals surface area (Å²) in [6, 6.07) is -1.37. The van der Waals surface area contributed by atoms with Gasteiger partial charge in [-0.25, -0.2) is 0 Å². The van der Waals surface area contributed by atoms with Gasteiger partial charge in [0.15, 0.2) is 5.72 Å². The minimum absolute atomic E-state index is 0.0969. The Hall–Kier alpha value is -1.25. The van der Waals surface area contributed by atoms with Crippen molar-refractivity contribution in [2.45, 2.75) is 30.6 Å². The summed E-state index contributed by atoms with van der Waals surface area (Å²) in [7, 11) is 0. The molecule has 0 spiro atoms. The van der Waals surface area contributed by atoms with Gasteiger partial charge in [0, 0.05) is 11.3 Å². The van der Waals surface area contributed by atoms with E-state index in [0.717, 1.165) is 0 Å². The molecule has 0 saturated carbocycles. The maximum Gasteiger partial charge on any atom is 0.297 e. The van der Waals surface area contributed by atoms with Crippen molar-refractivity contribution in [1.82, 2.24) is 5.32 Å². The second-order valence-electron chi connectivity index (χ2n) is 4.35. The van der Waals surface area contributed by atoms with Gasteiger partial charge in [0.1, 0.15) is 0 Å². The molecule has 3 heterocycles. The number of piperidine rings is 1. The highest BCUT2D eigenvalue weighted by Crippen LogP contribution is 2.42. The topological polar surface area (TPSA) is 111 Å². The van der Waals surface area contributed by atoms with E-state index in [-0.39, 0.29) is 13.0 Å². The summed E-state index contributed by atoms with van der Waals surface area (Å²) in [5.74, 6) is -1.40. The minimum Gasteiger partial charge on any atom is -0.366 e. The molecule has 2 N–H and O–H groups in total. The first kappa shape index (κ1) is 9.94. The van der Waals surface area contributed by atoms with Gasteiger partial charge in [-0.15, -0.1) is 0 Å². The van der Waals surface area contributed by atoms with Gasteiger partial charge in [-0.3, -0.25) is 14.9 Å². The number of nitro groups is 1. The van der Waals surface area contributed by atoms with Crippen LogP contribution >= 0.6 is 0 Å². The number of nitrogens with zero attached hydrogens (tertiary/aromatic N) is 1. The number of aliphatic hydroxyl groups is 1. The summed E-state index contributed by atoms with van der Waals surface area (Å²) in [5, 5.41) is 23.1. The van der Waals surface area contributed by atoms with Crippen LogP contribution < -0.4 is 5.32 Å². The lowest BCUT2D eigenvalue weighted by Gasteiger charge is -2.44. The first-order valence-corrected chi connectivity index (χ1v) is 4.96. The maximum absolute atomic E-state index is 11.5. The Balaban J connectivity index is 1.99. The van der Waals surface area contributed by atoms with Crippen molar-refractivity contribution in [3.05, 3.63) is 10.1 Å². The molecule has 0 unspecified atom stereocenters. The molecule has 88 valence electrons. The quantitative estimate of drug-likeness (QED) is 0.406. The van der Waals surface area contributed by atoms with Crippen LogP contribution in [0.2, 0.25) is 0 Å². The average molecular weight is 230 g/mol. The minimum atomic E-state index is -1.62. The van der Waals surface area contributed by atoms with Crippen molar-refractivity contribution in [2.75, 3.05) is 6.61 Å². The highest BCUT2D eigenvalue weighted by molar-refractivity contribution is 5.82. The molecule has 16 heavy (non-hydrogen) atoms. The van der Waals surface area contributed by atoms with Gasteiger partial charge in [0.25, 0.3) is 11.9 Å². The van der Waals surface area contributed by atoms with Gasteiger partial charge >= 0.3 is 0 Å². The summed E-state index contributed by atoms with van der Waals surface area (Å²) in [4.78, 5) is 21.7. The third kappa shape index (κ3) is 1.11. The number of ether oxygens (including phenoxy) is 2. The number of nitrogens with one attached hydrogen (secondary N) is 1. The third-order valence-corrected chi connectivity index (χ3v) is 3.37. The summed E-state index contributed by atoms with van der Waals surface area (Å²) < 4.78 is 10.5. The zero-order chi connectivity index (χ0) is 11.5. The Morgan fingerprint density at radius 1 is 1.62 bits per heavy atom. The molecule has 3 saturated heterocycles. The van der Waals surface area contributed by atoms with Crippen molar-refractivity contribution >= 4 is 5.91 Å². The molecular weight excluding hydrogens is 220 g/mol. The maximum atomic E-state index is 11.5. The largest absolute Gasteiger partial charge is 0.366 e. The highest BCUT2D eigenvalue weighted by atomic mass is 16.7. The van der Waals surface area contributed by atoms with Crippen molar-refractivity contribution in [1.29, 1.82) is 0 Å². The van der Waals surface area contributed by atoms with E-state index in [0.29, 0.717) is 0 Å². The zero-order valence-corrected chi connectivity index (χ0v) is 8.16. The number of carbonyl (C=O) groups excluding carboxylic acids is 1. The Bertz CT molecular complexity index is 374. The fourth-order valence-corrected chi connectivity index (χ4v) is 2.64. The molecule has 1 amide bonds. The SMILES string of the molecule is O=C1N[C@@]2(O)C[C@H]([C@@H]3CO[C@@H]2O3)[C@@H]1[N+](=O)[O-]. The van der Waals surface area contributed by atoms with Crippen LogP contribution in [0, 0.1) is 16.0 Å². The number of hydrogen-bond donors (Lipinski definition) is 2. The Morgan fingerprint density at radius 3 is 3.06 bits per heavy atom. The molecule has 3 aliphatic rings. The van der Waals surface area contributed by atoms with E-state index in [2.05, 4.69) is 5.32 Å². The predicted octanol–water partition coefficient (Wildman–Crippen LogP) is -1.79. The van der Waals surface area contributed by atoms with Crippen LogP contribution in [0.15, 0.2) is 0 Å². The first-order chi connectivity index (χ1) is 7.51. The van der Waals surface area contributed by atoms with Crippen molar-refractivity contribution < 1.29 is 24.3 Å². The fourth-order valence-electron chi connectivity index (χ4n) is 2.64. The van der Waals surface area contributed by atoms with Crippen LogP contribution in [0.5, 0.6) is 0 Å². The molecule has 3 rings (SSSR count). The van der Waals surface area contributed by atoms with Crippen molar-refractivity contribution in [2.24, 2.45) is 5.92 Å². The van der Waals surface area contributed by atoms with E-state index in [1.165, 1.54) is 0 Å². The Kier molecular flexibility index (Phi) is 1.80. The van der Waals surface area contributed by atoms with Gasteiger partial charge in [-0.05, 0) is 0 Å². The predicted molar refractivity (Wildman–Crippen MR) is 46.6 cm³/mol. The van der Waals surface area contributed by atoms with Gasteiger partial charge in [-0.1, -0.05) is 0 Å². The van der Waals surface area contributed by atoms with Crippen LogP contribution in [0.4, 0.5) is 0 Å². The van der Waals surface area contributed by atoms with Crippen LogP contribution in [0.1, 0.15) is 6.42 Å². The molecule has 5 atom stereocenters. The zero-order valence-electron chi connectivity index (χ0n) is 8.16. The van der Waals surface area contributed by atoms with Crippen molar-refractivity contribution in [3.63, 3.8) is 0 Å². The number of amides is 1. The molecule has 4 bridgehead atoms. The van der Waals surface area contributed by atoms with Crippen LogP contribution in [0.25, 0.3) is 0 Å². The molecule has 0 aromatic carbocycles. The number of hydrogen-bond acceptors (Lipinski definition) is 6. The molecule has 0 radical (unpaired) electrons. The van der Waals surface area contributed by atoms with Crippen molar-refractivity contribution in [3.8, 4) is 0 Å². The van der Waals surface area contributed by atoms with E-state index in [9.17, 15) is 20.0 Å². The third-order valence-electron chi connectivity index (χ3n) is 3.37. The first-order valence-electron chi connectivity index (χ1n) is 4.96. The number of fused-ring (bicyclic) bond motifs is 6. The molecule has 0 aromatic heterocycles. The summed E-state index contributed by atoms with van der Waals surface area (Å²) in [6.07, 6.45) is -1.29. The molecule has 0 aliphatic carbocycles. The van der Waals surface area contributed by atoms with E-state index in [1.807, 2.05) is 0 Å². The van der Waals surface area contributed by atoms with Gasteiger partial charge < -0.3 is 19.9 Å². The molecule has 0 aromatic rings. The summed E-state index contributed by atoms with van der Waals surface area (Å²) >= 11 is 0. The Morgan fingerprint density at radius 2 is 2.38 bits per heavy atom. The summed E-state index contributed by atoms with van der Waals surface area (Å²) in [6.45, 7) is 0.178. The second kappa shape index (κ2) is 2.90. The Labute approximate surface area is 89.7 Å². The molecular formula is C8H10N2O6. The lowest BCUT2D eigenvalue weighted by Crippen LogP contribution is -2.70. The van der Waals surface area contributed by atoms with Gasteiger partial charge in [-0.2, -0.15) is 0 Å². The normalized spacial score (nSPS) is 49.9. The second-order valence-corrected chi connectivity index (χ2v) is 4.35.